The molecule has 1 N–H and O–H groups in total. The van der Waals surface area contributed by atoms with Gasteiger partial charge in [-0.2, -0.15) is 0 Å². The second-order valence-electron chi connectivity index (χ2n) is 5.22. The Balaban J connectivity index is 1.76. The van der Waals surface area contributed by atoms with E-state index >= 15 is 0 Å². The molecule has 0 bridgehead atoms. The fourth-order valence-corrected chi connectivity index (χ4v) is 3.40. The predicted molar refractivity (Wildman–Crippen MR) is 82.8 cm³/mol. The zero-order chi connectivity index (χ0) is 15.9. The Hall–Kier alpha value is -1.66. The van der Waals surface area contributed by atoms with Crippen molar-refractivity contribution in [2.24, 2.45) is 0 Å². The van der Waals surface area contributed by atoms with Crippen molar-refractivity contribution in [3.63, 3.8) is 0 Å². The Morgan fingerprint density at radius 2 is 2.18 bits per heavy atom. The lowest BCUT2D eigenvalue weighted by Crippen LogP contribution is -2.36. The molecule has 22 heavy (non-hydrogen) atoms. The lowest BCUT2D eigenvalue weighted by atomic mass is 10.2. The number of ether oxygens (including phenoxy) is 1. The molecule has 0 aliphatic heterocycles. The van der Waals surface area contributed by atoms with Crippen LogP contribution >= 0.6 is 22.9 Å². The number of fused-ring (bicyclic) bond motifs is 1. The zero-order valence-electron chi connectivity index (χ0n) is 11.7. The van der Waals surface area contributed by atoms with Crippen LogP contribution in [0.2, 0.25) is 5.02 Å². The smallest absolute Gasteiger partial charge is 0.350 e. The Bertz CT molecular complexity index is 757. The van der Waals surface area contributed by atoms with Gasteiger partial charge >= 0.3 is 5.97 Å². The predicted octanol–water partition coefficient (Wildman–Crippen LogP) is 3.52. The number of rotatable bonds is 4. The summed E-state index contributed by atoms with van der Waals surface area (Å²) in [5, 5.41) is 3.58. The SMILES string of the molecule is C[C@@H](OC(=O)c1sc2cc(F)ccc2c1Cl)C(=O)NC1CC1. The van der Waals surface area contributed by atoms with Crippen LogP contribution in [0.5, 0.6) is 0 Å². The Morgan fingerprint density at radius 3 is 2.86 bits per heavy atom. The standard InChI is InChI=1S/C15H13ClFNO3S/c1-7(14(19)18-9-3-4-9)21-15(20)13-12(16)10-5-2-8(17)6-11(10)22-13/h2,5-7,9H,3-4H2,1H3,(H,18,19)/t7-/m1/s1. The molecule has 2 aromatic rings. The Kier molecular flexibility index (Phi) is 4.06. The number of halogens is 2. The summed E-state index contributed by atoms with van der Waals surface area (Å²) in [5.74, 6) is -1.40. The number of hydrogen-bond acceptors (Lipinski definition) is 4. The molecule has 1 atom stereocenters. The number of benzene rings is 1. The number of carbonyl (C=O) groups excluding carboxylic acids is 2. The first-order valence-electron chi connectivity index (χ1n) is 6.84. The van der Waals surface area contributed by atoms with Crippen LogP contribution in [0.3, 0.4) is 0 Å². The van der Waals surface area contributed by atoms with Crippen LogP contribution in [0.1, 0.15) is 29.4 Å². The van der Waals surface area contributed by atoms with Gasteiger partial charge in [-0.15, -0.1) is 11.3 Å². The molecule has 3 rings (SSSR count). The fraction of sp³-hybridized carbons (Fsp3) is 0.333. The number of esters is 1. The maximum Gasteiger partial charge on any atom is 0.350 e. The first kappa shape index (κ1) is 15.2. The van der Waals surface area contributed by atoms with Gasteiger partial charge in [0.1, 0.15) is 10.7 Å². The lowest BCUT2D eigenvalue weighted by molar-refractivity contribution is -0.129. The van der Waals surface area contributed by atoms with E-state index in [-0.39, 0.29) is 21.8 Å². The molecule has 116 valence electrons. The van der Waals surface area contributed by atoms with Crippen LogP contribution in [0, 0.1) is 5.82 Å². The van der Waals surface area contributed by atoms with Crippen LogP contribution in [0.4, 0.5) is 4.39 Å². The highest BCUT2D eigenvalue weighted by Crippen LogP contribution is 2.36. The highest BCUT2D eigenvalue weighted by molar-refractivity contribution is 7.21. The summed E-state index contributed by atoms with van der Waals surface area (Å²) in [7, 11) is 0. The molecule has 1 aromatic heterocycles. The molecule has 4 nitrogen and oxygen atoms in total. The number of amides is 1. The lowest BCUT2D eigenvalue weighted by Gasteiger charge is -2.12. The van der Waals surface area contributed by atoms with Gasteiger partial charge in [0.15, 0.2) is 6.10 Å². The Labute approximate surface area is 135 Å². The Morgan fingerprint density at radius 1 is 1.45 bits per heavy atom. The summed E-state index contributed by atoms with van der Waals surface area (Å²) < 4.78 is 18.9. The molecular formula is C15H13ClFNO3S. The fourth-order valence-electron chi connectivity index (χ4n) is 1.98. The minimum absolute atomic E-state index is 0.174. The summed E-state index contributed by atoms with van der Waals surface area (Å²) >= 11 is 7.20. The van der Waals surface area contributed by atoms with Crippen molar-refractivity contribution >= 4 is 44.9 Å². The van der Waals surface area contributed by atoms with E-state index in [0.29, 0.717) is 10.1 Å². The van der Waals surface area contributed by atoms with Crippen LogP contribution in [0.15, 0.2) is 18.2 Å². The quantitative estimate of drug-likeness (QED) is 0.866. The third kappa shape index (κ3) is 3.08. The highest BCUT2D eigenvalue weighted by Gasteiger charge is 2.28. The third-order valence-electron chi connectivity index (χ3n) is 3.35. The number of hydrogen-bond donors (Lipinski definition) is 1. The van der Waals surface area contributed by atoms with Crippen LogP contribution in [-0.4, -0.2) is 24.0 Å². The van der Waals surface area contributed by atoms with Gasteiger partial charge in [-0.1, -0.05) is 11.6 Å². The van der Waals surface area contributed by atoms with Gasteiger partial charge in [0.2, 0.25) is 0 Å². The van der Waals surface area contributed by atoms with Gasteiger partial charge in [-0.25, -0.2) is 9.18 Å². The van der Waals surface area contributed by atoms with Gasteiger partial charge < -0.3 is 10.1 Å². The van der Waals surface area contributed by atoms with Crippen molar-refractivity contribution in [2.75, 3.05) is 0 Å². The van der Waals surface area contributed by atoms with E-state index < -0.39 is 17.9 Å². The summed E-state index contributed by atoms with van der Waals surface area (Å²) in [6.45, 7) is 1.51. The van der Waals surface area contributed by atoms with Gasteiger partial charge in [-0.05, 0) is 38.0 Å². The molecule has 1 aliphatic carbocycles. The molecule has 7 heteroatoms. The average Bonchev–Trinajstić information content (AvgIpc) is 3.22. The topological polar surface area (TPSA) is 55.4 Å². The number of nitrogens with one attached hydrogen (secondary N) is 1. The molecule has 1 fully saturated rings. The van der Waals surface area contributed by atoms with Crippen molar-refractivity contribution in [3.8, 4) is 0 Å². The van der Waals surface area contributed by atoms with Crippen molar-refractivity contribution in [1.82, 2.24) is 5.32 Å². The van der Waals surface area contributed by atoms with Crippen molar-refractivity contribution in [3.05, 3.63) is 33.9 Å². The first-order valence-corrected chi connectivity index (χ1v) is 8.04. The number of carbonyl (C=O) groups is 2. The normalized spacial score (nSPS) is 15.6. The highest BCUT2D eigenvalue weighted by atomic mass is 35.5. The summed E-state index contributed by atoms with van der Waals surface area (Å²) in [5.41, 5.74) is 0. The van der Waals surface area contributed by atoms with Crippen LogP contribution in [-0.2, 0) is 9.53 Å². The minimum atomic E-state index is -0.897. The van der Waals surface area contributed by atoms with E-state index in [2.05, 4.69) is 5.32 Å². The van der Waals surface area contributed by atoms with Gasteiger partial charge in [-0.3, -0.25) is 4.79 Å². The molecule has 1 heterocycles. The molecule has 1 aliphatic rings. The summed E-state index contributed by atoms with van der Waals surface area (Å²) in [6, 6.07) is 4.31. The van der Waals surface area contributed by atoms with Gasteiger partial charge in [0.25, 0.3) is 5.91 Å². The van der Waals surface area contributed by atoms with Gasteiger partial charge in [0.05, 0.1) is 5.02 Å². The monoisotopic (exact) mass is 341 g/mol. The molecule has 0 unspecified atom stereocenters. The molecule has 0 radical (unpaired) electrons. The third-order valence-corrected chi connectivity index (χ3v) is 4.99. The molecule has 1 saturated carbocycles. The maximum atomic E-state index is 13.2. The molecule has 0 spiro atoms. The molecular weight excluding hydrogens is 329 g/mol. The molecule has 1 aromatic carbocycles. The average molecular weight is 342 g/mol. The van der Waals surface area contributed by atoms with E-state index in [0.717, 1.165) is 24.2 Å². The first-order chi connectivity index (χ1) is 10.5. The largest absolute Gasteiger partial charge is 0.448 e. The second-order valence-corrected chi connectivity index (χ2v) is 6.65. The van der Waals surface area contributed by atoms with E-state index in [4.69, 9.17) is 16.3 Å². The van der Waals surface area contributed by atoms with Crippen molar-refractivity contribution in [2.45, 2.75) is 31.9 Å². The zero-order valence-corrected chi connectivity index (χ0v) is 13.3. The van der Waals surface area contributed by atoms with E-state index in [9.17, 15) is 14.0 Å². The summed E-state index contributed by atoms with van der Waals surface area (Å²) in [4.78, 5) is 24.1. The van der Waals surface area contributed by atoms with Crippen molar-refractivity contribution in [1.29, 1.82) is 0 Å². The van der Waals surface area contributed by atoms with Crippen LogP contribution in [0.25, 0.3) is 10.1 Å². The minimum Gasteiger partial charge on any atom is -0.448 e. The summed E-state index contributed by atoms with van der Waals surface area (Å²) in [6.07, 6.45) is 1.02. The maximum absolute atomic E-state index is 13.2. The van der Waals surface area contributed by atoms with Crippen LogP contribution < -0.4 is 5.32 Å². The van der Waals surface area contributed by atoms with E-state index in [1.807, 2.05) is 0 Å². The van der Waals surface area contributed by atoms with E-state index in [1.165, 1.54) is 25.1 Å². The van der Waals surface area contributed by atoms with Crippen molar-refractivity contribution < 1.29 is 18.7 Å². The molecule has 0 saturated heterocycles. The second kappa shape index (κ2) is 5.85. The van der Waals surface area contributed by atoms with Gasteiger partial charge in [0, 0.05) is 16.1 Å². The van der Waals surface area contributed by atoms with E-state index in [1.54, 1.807) is 0 Å². The number of thiophene rings is 1. The molecule has 1 amide bonds.